The number of nitrogens with one attached hydrogen (secondary N) is 2. The van der Waals surface area contributed by atoms with Crippen LogP contribution in [0.3, 0.4) is 0 Å². The van der Waals surface area contributed by atoms with Gasteiger partial charge in [-0.2, -0.15) is 5.10 Å². The van der Waals surface area contributed by atoms with Gasteiger partial charge >= 0.3 is 0 Å². The molecular formula is C15H20N4OS. The highest BCUT2D eigenvalue weighted by atomic mass is 32.2. The smallest absolute Gasteiger partial charge is 0.234 e. The molecule has 0 aliphatic heterocycles. The van der Waals surface area contributed by atoms with E-state index in [0.29, 0.717) is 11.6 Å². The molecule has 0 unspecified atom stereocenters. The number of aromatic nitrogens is 3. The summed E-state index contributed by atoms with van der Waals surface area (Å²) in [5, 5.41) is 9.81. The number of anilines is 1. The van der Waals surface area contributed by atoms with E-state index >= 15 is 0 Å². The highest BCUT2D eigenvalue weighted by molar-refractivity contribution is 8.01. The van der Waals surface area contributed by atoms with E-state index in [-0.39, 0.29) is 10.7 Å². The highest BCUT2D eigenvalue weighted by Gasteiger charge is 2.13. The summed E-state index contributed by atoms with van der Waals surface area (Å²) in [4.78, 5) is 16.1. The van der Waals surface area contributed by atoms with Gasteiger partial charge in [-0.25, -0.2) is 4.98 Å². The van der Waals surface area contributed by atoms with Crippen molar-refractivity contribution >= 4 is 23.4 Å². The van der Waals surface area contributed by atoms with Gasteiger partial charge in [0.1, 0.15) is 5.82 Å². The van der Waals surface area contributed by atoms with Crippen LogP contribution < -0.4 is 5.32 Å². The van der Waals surface area contributed by atoms with Gasteiger partial charge in [0.25, 0.3) is 0 Å². The molecule has 0 fully saturated rings. The fraction of sp³-hybridized carbons (Fsp3) is 0.400. The Labute approximate surface area is 128 Å². The van der Waals surface area contributed by atoms with Gasteiger partial charge in [0.15, 0.2) is 5.82 Å². The normalized spacial score (nSPS) is 11.4. The number of H-pyrrole nitrogens is 1. The first-order valence-corrected chi connectivity index (χ1v) is 7.75. The fourth-order valence-corrected chi connectivity index (χ4v) is 2.29. The summed E-state index contributed by atoms with van der Waals surface area (Å²) in [6, 6.07) is 7.52. The average molecular weight is 304 g/mol. The van der Waals surface area contributed by atoms with Gasteiger partial charge in [-0.15, -0.1) is 11.8 Å². The second-order valence-electron chi connectivity index (χ2n) is 5.77. The maximum absolute atomic E-state index is 11.9. The van der Waals surface area contributed by atoms with Crippen molar-refractivity contribution in [3.05, 3.63) is 30.1 Å². The Bertz CT molecular complexity index is 613. The number of carbonyl (C=O) groups excluding carboxylic acids is 1. The van der Waals surface area contributed by atoms with Crippen LogP contribution in [-0.4, -0.2) is 31.6 Å². The van der Waals surface area contributed by atoms with Crippen LogP contribution in [0.15, 0.2) is 24.3 Å². The lowest BCUT2D eigenvalue weighted by Crippen LogP contribution is -2.18. The van der Waals surface area contributed by atoms with Gasteiger partial charge < -0.3 is 5.32 Å². The maximum atomic E-state index is 11.9. The number of hydrogen-bond donors (Lipinski definition) is 2. The van der Waals surface area contributed by atoms with Crippen LogP contribution in [0.25, 0.3) is 11.4 Å². The Kier molecular flexibility index (Phi) is 4.67. The van der Waals surface area contributed by atoms with E-state index in [1.54, 1.807) is 11.8 Å². The molecule has 2 N–H and O–H groups in total. The Morgan fingerprint density at radius 2 is 1.95 bits per heavy atom. The predicted octanol–water partition coefficient (Wildman–Crippen LogP) is 3.25. The number of thioether (sulfide) groups is 1. The van der Waals surface area contributed by atoms with Crippen molar-refractivity contribution in [2.75, 3.05) is 11.1 Å². The molecule has 1 aromatic carbocycles. The summed E-state index contributed by atoms with van der Waals surface area (Å²) in [7, 11) is 0. The van der Waals surface area contributed by atoms with Crippen LogP contribution in [0.2, 0.25) is 0 Å². The van der Waals surface area contributed by atoms with Gasteiger partial charge in [-0.05, 0) is 31.2 Å². The zero-order chi connectivity index (χ0) is 15.5. The number of carbonyl (C=O) groups is 1. The lowest BCUT2D eigenvalue weighted by atomic mass is 10.2. The van der Waals surface area contributed by atoms with Gasteiger partial charge in [0, 0.05) is 16.0 Å². The van der Waals surface area contributed by atoms with E-state index in [0.717, 1.165) is 17.1 Å². The fourth-order valence-electron chi connectivity index (χ4n) is 1.65. The zero-order valence-corrected chi connectivity index (χ0v) is 13.5. The quantitative estimate of drug-likeness (QED) is 0.909. The average Bonchev–Trinajstić information content (AvgIpc) is 2.83. The van der Waals surface area contributed by atoms with E-state index in [2.05, 4.69) is 41.3 Å². The lowest BCUT2D eigenvalue weighted by Gasteiger charge is -2.17. The lowest BCUT2D eigenvalue weighted by molar-refractivity contribution is -0.113. The molecule has 0 radical (unpaired) electrons. The minimum Gasteiger partial charge on any atom is -0.325 e. The minimum absolute atomic E-state index is 0.0106. The monoisotopic (exact) mass is 304 g/mol. The molecule has 1 amide bonds. The Morgan fingerprint density at radius 3 is 2.48 bits per heavy atom. The molecule has 0 atom stereocenters. The Hall–Kier alpha value is -1.82. The summed E-state index contributed by atoms with van der Waals surface area (Å²) >= 11 is 1.63. The van der Waals surface area contributed by atoms with Crippen LogP contribution >= 0.6 is 11.8 Å². The number of amides is 1. The van der Waals surface area contributed by atoms with Crippen LogP contribution in [0, 0.1) is 6.92 Å². The first-order valence-electron chi connectivity index (χ1n) is 6.77. The third-order valence-electron chi connectivity index (χ3n) is 2.66. The van der Waals surface area contributed by atoms with Gasteiger partial charge in [-0.3, -0.25) is 9.89 Å². The number of aromatic amines is 1. The van der Waals surface area contributed by atoms with Crippen LogP contribution in [-0.2, 0) is 4.79 Å². The summed E-state index contributed by atoms with van der Waals surface area (Å²) < 4.78 is 0.0880. The van der Waals surface area contributed by atoms with Crippen LogP contribution in [0.1, 0.15) is 26.6 Å². The molecule has 0 spiro atoms. The molecule has 0 aliphatic carbocycles. The molecule has 2 rings (SSSR count). The molecule has 1 heterocycles. The number of aryl methyl sites for hydroxylation is 1. The summed E-state index contributed by atoms with van der Waals surface area (Å²) in [5.41, 5.74) is 1.70. The maximum Gasteiger partial charge on any atom is 0.234 e. The number of rotatable bonds is 4. The van der Waals surface area contributed by atoms with E-state index in [9.17, 15) is 4.79 Å². The number of hydrogen-bond acceptors (Lipinski definition) is 4. The summed E-state index contributed by atoms with van der Waals surface area (Å²) in [6.07, 6.45) is 0. The largest absolute Gasteiger partial charge is 0.325 e. The van der Waals surface area contributed by atoms with Crippen molar-refractivity contribution in [1.29, 1.82) is 0 Å². The first-order chi connectivity index (χ1) is 9.83. The molecule has 0 aliphatic rings. The summed E-state index contributed by atoms with van der Waals surface area (Å²) in [5.74, 6) is 1.90. The molecule has 6 heteroatoms. The summed E-state index contributed by atoms with van der Waals surface area (Å²) in [6.45, 7) is 8.15. The second-order valence-corrected chi connectivity index (χ2v) is 7.57. The number of benzene rings is 1. The molecule has 21 heavy (non-hydrogen) atoms. The molecule has 0 saturated carbocycles. The topological polar surface area (TPSA) is 70.7 Å². The number of nitrogens with zero attached hydrogens (tertiary/aromatic N) is 2. The zero-order valence-electron chi connectivity index (χ0n) is 12.7. The molecule has 2 aromatic rings. The molecule has 0 bridgehead atoms. The highest BCUT2D eigenvalue weighted by Crippen LogP contribution is 2.23. The molecule has 0 saturated heterocycles. The van der Waals surface area contributed by atoms with Gasteiger partial charge in [-0.1, -0.05) is 20.8 Å². The Morgan fingerprint density at radius 1 is 1.29 bits per heavy atom. The molecule has 112 valence electrons. The van der Waals surface area contributed by atoms with E-state index in [1.807, 2.05) is 31.2 Å². The van der Waals surface area contributed by atoms with Crippen molar-refractivity contribution < 1.29 is 4.79 Å². The van der Waals surface area contributed by atoms with Crippen molar-refractivity contribution in [3.8, 4) is 11.4 Å². The molecular weight excluding hydrogens is 284 g/mol. The van der Waals surface area contributed by atoms with E-state index in [4.69, 9.17) is 0 Å². The third kappa shape index (κ3) is 4.90. The molecule has 5 nitrogen and oxygen atoms in total. The van der Waals surface area contributed by atoms with Crippen molar-refractivity contribution in [2.24, 2.45) is 0 Å². The van der Waals surface area contributed by atoms with E-state index < -0.39 is 0 Å². The van der Waals surface area contributed by atoms with Crippen molar-refractivity contribution in [2.45, 2.75) is 32.4 Å². The van der Waals surface area contributed by atoms with Crippen LogP contribution in [0.5, 0.6) is 0 Å². The van der Waals surface area contributed by atoms with Crippen molar-refractivity contribution in [1.82, 2.24) is 15.2 Å². The van der Waals surface area contributed by atoms with Crippen LogP contribution in [0.4, 0.5) is 5.69 Å². The molecule has 1 aromatic heterocycles. The second kappa shape index (κ2) is 6.30. The van der Waals surface area contributed by atoms with E-state index in [1.165, 1.54) is 0 Å². The minimum atomic E-state index is 0.0106. The third-order valence-corrected chi connectivity index (χ3v) is 3.93. The van der Waals surface area contributed by atoms with Gasteiger partial charge in [0.05, 0.1) is 5.75 Å². The SMILES string of the molecule is Cc1nc(-c2ccc(NC(=O)CSC(C)(C)C)cc2)n[nH]1. The first kappa shape index (κ1) is 15.6. The Balaban J connectivity index is 1.95. The van der Waals surface area contributed by atoms with Crippen molar-refractivity contribution in [3.63, 3.8) is 0 Å². The predicted molar refractivity (Wildman–Crippen MR) is 87.4 cm³/mol. The standard InChI is InChI=1S/C15H20N4OS/c1-10-16-14(19-18-10)11-5-7-12(8-6-11)17-13(20)9-21-15(2,3)4/h5-8H,9H2,1-4H3,(H,17,20)(H,16,18,19). The van der Waals surface area contributed by atoms with Gasteiger partial charge in [0.2, 0.25) is 5.91 Å².